The molecule has 0 spiro atoms. The molecule has 0 aliphatic carbocycles. The topological polar surface area (TPSA) is 26.3 Å². The number of hydrogen-bond donors (Lipinski definition) is 0. The van der Waals surface area contributed by atoms with Crippen LogP contribution in [0.25, 0.3) is 0 Å². The van der Waals surface area contributed by atoms with E-state index in [-0.39, 0.29) is 11.3 Å². The highest BCUT2D eigenvalue weighted by molar-refractivity contribution is 5.94. The summed E-state index contributed by atoms with van der Waals surface area (Å²) in [6, 6.07) is 4.55. The summed E-state index contributed by atoms with van der Waals surface area (Å²) in [5.74, 6) is -0.750. The molecule has 0 N–H and O–H groups in total. The van der Waals surface area contributed by atoms with Crippen LogP contribution in [0.4, 0.5) is 4.39 Å². The van der Waals surface area contributed by atoms with E-state index in [1.807, 2.05) is 13.0 Å². The molecule has 1 heterocycles. The number of hydrogen-bond acceptors (Lipinski definition) is 2. The number of halogens is 1. The summed E-state index contributed by atoms with van der Waals surface area (Å²) in [6.45, 7) is 3.28. The maximum atomic E-state index is 13.4. The van der Waals surface area contributed by atoms with E-state index in [0.29, 0.717) is 0 Å². The first-order valence-corrected chi connectivity index (χ1v) is 5.17. The Balaban J connectivity index is 2.43. The van der Waals surface area contributed by atoms with Crippen LogP contribution < -0.4 is 0 Å². The van der Waals surface area contributed by atoms with Crippen LogP contribution >= 0.6 is 0 Å². The van der Waals surface area contributed by atoms with Crippen LogP contribution in [0.5, 0.6) is 0 Å². The summed E-state index contributed by atoms with van der Waals surface area (Å²) >= 11 is 0. The lowest BCUT2D eigenvalue weighted by Crippen LogP contribution is -2.20. The lowest BCUT2D eigenvalue weighted by molar-refractivity contribution is 0.0608. The molecule has 1 aromatic rings. The van der Waals surface area contributed by atoms with Crippen molar-refractivity contribution in [3.05, 3.63) is 47.5 Å². The van der Waals surface area contributed by atoms with Gasteiger partial charge in [0.25, 0.3) is 0 Å². The van der Waals surface area contributed by atoms with Gasteiger partial charge in [-0.1, -0.05) is 6.07 Å². The third kappa shape index (κ3) is 1.73. The average molecular weight is 220 g/mol. The van der Waals surface area contributed by atoms with Crippen LogP contribution in [-0.4, -0.2) is 5.78 Å². The van der Waals surface area contributed by atoms with Crippen molar-refractivity contribution in [1.82, 2.24) is 0 Å². The minimum atomic E-state index is -0.481. The number of benzene rings is 1. The van der Waals surface area contributed by atoms with Gasteiger partial charge in [-0.3, -0.25) is 4.79 Å². The molecule has 1 aliphatic heterocycles. The van der Waals surface area contributed by atoms with Crippen molar-refractivity contribution in [2.45, 2.75) is 25.9 Å². The third-order valence-electron chi connectivity index (χ3n) is 2.89. The molecule has 1 aromatic carbocycles. The predicted molar refractivity (Wildman–Crippen MR) is 58.6 cm³/mol. The summed E-state index contributed by atoms with van der Waals surface area (Å²) in [6.07, 6.45) is 4.28. The van der Waals surface area contributed by atoms with Crippen molar-refractivity contribution in [3.8, 4) is 0 Å². The number of Topliss-reactive ketones (excluding diaryl/α,β-unsaturated/α-hetero) is 1. The highest BCUT2D eigenvalue weighted by Crippen LogP contribution is 2.34. The van der Waals surface area contributed by atoms with Crippen LogP contribution in [0.1, 0.15) is 36.2 Å². The van der Waals surface area contributed by atoms with E-state index < -0.39 is 11.4 Å². The number of carbonyl (C=O) groups is 1. The lowest BCUT2D eigenvalue weighted by atomic mass is 9.91. The highest BCUT2D eigenvalue weighted by atomic mass is 19.1. The van der Waals surface area contributed by atoms with Gasteiger partial charge in [0, 0.05) is 6.42 Å². The minimum absolute atomic E-state index is 0.120. The Kier molecular flexibility index (Phi) is 2.54. The monoisotopic (exact) mass is 220 g/mol. The Morgan fingerprint density at radius 2 is 2.25 bits per heavy atom. The molecule has 1 atom stereocenters. The fraction of sp³-hybridized carbons (Fsp3) is 0.308. The van der Waals surface area contributed by atoms with E-state index in [1.54, 1.807) is 18.4 Å². The van der Waals surface area contributed by atoms with Gasteiger partial charge in [-0.15, -0.1) is 0 Å². The minimum Gasteiger partial charge on any atom is -0.490 e. The zero-order valence-electron chi connectivity index (χ0n) is 9.29. The number of ether oxygens (including phenoxy) is 1. The predicted octanol–water partition coefficient (Wildman–Crippen LogP) is 3.18. The average Bonchev–Trinajstić information content (AvgIpc) is 2.66. The van der Waals surface area contributed by atoms with E-state index >= 15 is 0 Å². The molecule has 16 heavy (non-hydrogen) atoms. The second-order valence-corrected chi connectivity index (χ2v) is 4.18. The molecule has 0 aromatic heterocycles. The Labute approximate surface area is 93.7 Å². The maximum Gasteiger partial charge on any atom is 0.162 e. The Hall–Kier alpha value is -1.64. The van der Waals surface area contributed by atoms with Crippen molar-refractivity contribution in [2.75, 3.05) is 0 Å². The summed E-state index contributed by atoms with van der Waals surface area (Å²) in [4.78, 5) is 11.2. The van der Waals surface area contributed by atoms with Gasteiger partial charge in [0.15, 0.2) is 5.78 Å². The largest absolute Gasteiger partial charge is 0.490 e. The number of ketones is 1. The molecule has 0 radical (unpaired) electrons. The van der Waals surface area contributed by atoms with Crippen molar-refractivity contribution < 1.29 is 13.9 Å². The fourth-order valence-corrected chi connectivity index (χ4v) is 1.83. The molecule has 3 heteroatoms. The Morgan fingerprint density at radius 1 is 1.50 bits per heavy atom. The van der Waals surface area contributed by atoms with Gasteiger partial charge in [-0.25, -0.2) is 4.39 Å². The van der Waals surface area contributed by atoms with E-state index in [0.717, 1.165) is 12.0 Å². The first-order valence-electron chi connectivity index (χ1n) is 5.17. The molecule has 2 rings (SSSR count). The van der Waals surface area contributed by atoms with Crippen LogP contribution in [0.15, 0.2) is 30.5 Å². The Bertz CT molecular complexity index is 455. The fourth-order valence-electron chi connectivity index (χ4n) is 1.83. The SMILES string of the molecule is CC(=O)c1cc(C2(C)CC=CO2)ccc1F. The van der Waals surface area contributed by atoms with Crippen molar-refractivity contribution in [3.63, 3.8) is 0 Å². The van der Waals surface area contributed by atoms with E-state index in [4.69, 9.17) is 4.74 Å². The molecule has 0 amide bonds. The van der Waals surface area contributed by atoms with Gasteiger partial charge in [0.2, 0.25) is 0 Å². The zero-order chi connectivity index (χ0) is 11.8. The zero-order valence-corrected chi connectivity index (χ0v) is 9.29. The first-order chi connectivity index (χ1) is 7.53. The lowest BCUT2D eigenvalue weighted by Gasteiger charge is -2.24. The summed E-state index contributed by atoms with van der Waals surface area (Å²) in [5, 5.41) is 0. The van der Waals surface area contributed by atoms with Crippen LogP contribution in [0.3, 0.4) is 0 Å². The van der Waals surface area contributed by atoms with Gasteiger partial charge < -0.3 is 4.74 Å². The van der Waals surface area contributed by atoms with Gasteiger partial charge in [-0.2, -0.15) is 0 Å². The van der Waals surface area contributed by atoms with Gasteiger partial charge in [0.05, 0.1) is 11.8 Å². The molecule has 1 unspecified atom stereocenters. The van der Waals surface area contributed by atoms with Crippen molar-refractivity contribution in [2.24, 2.45) is 0 Å². The van der Waals surface area contributed by atoms with Crippen LogP contribution in [-0.2, 0) is 10.3 Å². The van der Waals surface area contributed by atoms with Gasteiger partial charge >= 0.3 is 0 Å². The van der Waals surface area contributed by atoms with Crippen LogP contribution in [0, 0.1) is 5.82 Å². The second kappa shape index (κ2) is 3.74. The maximum absolute atomic E-state index is 13.4. The van der Waals surface area contributed by atoms with E-state index in [1.165, 1.54) is 13.0 Å². The molecule has 1 aliphatic rings. The molecule has 0 bridgehead atoms. The van der Waals surface area contributed by atoms with Crippen LogP contribution in [0.2, 0.25) is 0 Å². The molecule has 0 fully saturated rings. The van der Waals surface area contributed by atoms with Gasteiger partial charge in [0.1, 0.15) is 11.4 Å². The molecular weight excluding hydrogens is 207 g/mol. The van der Waals surface area contributed by atoms with Crippen molar-refractivity contribution >= 4 is 5.78 Å². The summed E-state index contributed by atoms with van der Waals surface area (Å²) < 4.78 is 18.8. The molecule has 0 saturated carbocycles. The standard InChI is InChI=1S/C13H13FO2/c1-9(15)11-8-10(4-5-12(11)14)13(2)6-3-7-16-13/h3-5,7-8H,6H2,1-2H3. The highest BCUT2D eigenvalue weighted by Gasteiger charge is 2.30. The van der Waals surface area contributed by atoms with Crippen molar-refractivity contribution in [1.29, 1.82) is 0 Å². The quantitative estimate of drug-likeness (QED) is 0.715. The van der Waals surface area contributed by atoms with E-state index in [2.05, 4.69) is 0 Å². The molecule has 2 nitrogen and oxygen atoms in total. The normalized spacial score (nSPS) is 23.2. The molecule has 0 saturated heterocycles. The Morgan fingerprint density at radius 3 is 2.81 bits per heavy atom. The number of rotatable bonds is 2. The first kappa shape index (κ1) is 10.9. The van der Waals surface area contributed by atoms with Gasteiger partial charge in [-0.05, 0) is 37.6 Å². The molecule has 84 valence electrons. The third-order valence-corrected chi connectivity index (χ3v) is 2.89. The molecular formula is C13H13FO2. The summed E-state index contributed by atoms with van der Waals surface area (Å²) in [7, 11) is 0. The second-order valence-electron chi connectivity index (χ2n) is 4.18. The summed E-state index contributed by atoms with van der Waals surface area (Å²) in [5.41, 5.74) is 0.469. The smallest absolute Gasteiger partial charge is 0.162 e. The van der Waals surface area contributed by atoms with E-state index in [9.17, 15) is 9.18 Å². The number of carbonyl (C=O) groups excluding carboxylic acids is 1.